The van der Waals surface area contributed by atoms with Gasteiger partial charge in [0.1, 0.15) is 0 Å². The van der Waals surface area contributed by atoms with E-state index in [1.165, 1.54) is 0 Å². The van der Waals surface area contributed by atoms with Crippen molar-refractivity contribution in [1.82, 2.24) is 4.98 Å². The van der Waals surface area contributed by atoms with Crippen LogP contribution in [0.25, 0.3) is 10.9 Å². The van der Waals surface area contributed by atoms with Gasteiger partial charge >= 0.3 is 0 Å². The number of halogens is 1. The molecular weight excluding hydrogens is 194 g/mol. The first-order chi connectivity index (χ1) is 6.68. The molecule has 1 aromatic heterocycles. The van der Waals surface area contributed by atoms with Gasteiger partial charge in [0.2, 0.25) is 0 Å². The first-order valence-electron chi connectivity index (χ1n) is 4.57. The van der Waals surface area contributed by atoms with E-state index < -0.39 is 0 Å². The van der Waals surface area contributed by atoms with Gasteiger partial charge in [-0.15, -0.1) is 0 Å². The molecule has 1 radical (unpaired) electrons. The molecule has 0 aliphatic heterocycles. The highest BCUT2D eigenvalue weighted by Gasteiger charge is 2.07. The third-order valence-corrected chi connectivity index (χ3v) is 2.47. The van der Waals surface area contributed by atoms with Crippen molar-refractivity contribution in [2.45, 2.75) is 12.8 Å². The summed E-state index contributed by atoms with van der Waals surface area (Å²) in [5.74, 6) is 0.118. The molecule has 0 N–H and O–H groups in total. The highest BCUT2D eigenvalue weighted by molar-refractivity contribution is 6.31. The van der Waals surface area contributed by atoms with Gasteiger partial charge in [0, 0.05) is 5.39 Å². The zero-order valence-corrected chi connectivity index (χ0v) is 8.75. The van der Waals surface area contributed by atoms with Gasteiger partial charge < -0.3 is 0 Å². The van der Waals surface area contributed by atoms with Crippen LogP contribution in [-0.4, -0.2) is 4.98 Å². The van der Waals surface area contributed by atoms with Gasteiger partial charge in [0.15, 0.2) is 0 Å². The Bertz CT molecular complexity index is 463. The van der Waals surface area contributed by atoms with Gasteiger partial charge in [-0.2, -0.15) is 0 Å². The minimum absolute atomic E-state index is 0.118. The van der Waals surface area contributed by atoms with Crippen LogP contribution in [0.1, 0.15) is 18.5 Å². The molecule has 0 aliphatic rings. The van der Waals surface area contributed by atoms with E-state index in [4.69, 9.17) is 11.6 Å². The van der Waals surface area contributed by atoms with Gasteiger partial charge in [-0.3, -0.25) is 4.98 Å². The minimum atomic E-state index is 0.118. The smallest absolute Gasteiger partial charge is 0.0706 e. The first-order valence-corrected chi connectivity index (χ1v) is 4.94. The largest absolute Gasteiger partial charge is 0.251 e. The van der Waals surface area contributed by atoms with Crippen LogP contribution < -0.4 is 0 Å². The molecular formula is C12H11ClN. The molecule has 0 amide bonds. The summed E-state index contributed by atoms with van der Waals surface area (Å²) >= 11 is 6.10. The molecule has 1 aromatic carbocycles. The molecule has 0 bridgehead atoms. The lowest BCUT2D eigenvalue weighted by Gasteiger charge is -2.08. The van der Waals surface area contributed by atoms with E-state index in [-0.39, 0.29) is 5.92 Å². The maximum Gasteiger partial charge on any atom is 0.0706 e. The van der Waals surface area contributed by atoms with Crippen LogP contribution in [0, 0.1) is 6.92 Å². The lowest BCUT2D eigenvalue weighted by molar-refractivity contribution is 0.915. The third kappa shape index (κ3) is 1.60. The van der Waals surface area contributed by atoms with E-state index in [1.807, 2.05) is 37.3 Å². The van der Waals surface area contributed by atoms with Gasteiger partial charge in [-0.05, 0) is 25.0 Å². The van der Waals surface area contributed by atoms with Crippen LogP contribution >= 0.6 is 11.6 Å². The SMILES string of the molecule is [CH2]C(C)c1nc2ccccc2cc1Cl. The topological polar surface area (TPSA) is 12.9 Å². The van der Waals surface area contributed by atoms with Crippen molar-refractivity contribution in [2.75, 3.05) is 0 Å². The fourth-order valence-electron chi connectivity index (χ4n) is 1.45. The van der Waals surface area contributed by atoms with E-state index in [0.29, 0.717) is 5.02 Å². The molecule has 1 heterocycles. The molecule has 0 fully saturated rings. The third-order valence-electron chi connectivity index (χ3n) is 2.17. The van der Waals surface area contributed by atoms with Crippen molar-refractivity contribution in [3.63, 3.8) is 0 Å². The summed E-state index contributed by atoms with van der Waals surface area (Å²) in [7, 11) is 0. The van der Waals surface area contributed by atoms with E-state index in [2.05, 4.69) is 11.9 Å². The van der Waals surface area contributed by atoms with Crippen LogP contribution in [-0.2, 0) is 0 Å². The van der Waals surface area contributed by atoms with Crippen LogP contribution in [0.5, 0.6) is 0 Å². The second kappa shape index (κ2) is 3.58. The maximum absolute atomic E-state index is 6.10. The number of rotatable bonds is 1. The Morgan fingerprint density at radius 2 is 2.07 bits per heavy atom. The van der Waals surface area contributed by atoms with Crippen molar-refractivity contribution in [3.8, 4) is 0 Å². The molecule has 0 saturated carbocycles. The van der Waals surface area contributed by atoms with E-state index in [1.54, 1.807) is 0 Å². The van der Waals surface area contributed by atoms with Gasteiger partial charge in [0.25, 0.3) is 0 Å². The van der Waals surface area contributed by atoms with Crippen molar-refractivity contribution in [1.29, 1.82) is 0 Å². The lowest BCUT2D eigenvalue weighted by Crippen LogP contribution is -1.94. The maximum atomic E-state index is 6.10. The number of pyridine rings is 1. The predicted molar refractivity (Wildman–Crippen MR) is 60.5 cm³/mol. The number of aromatic nitrogens is 1. The Kier molecular flexibility index (Phi) is 2.42. The zero-order valence-electron chi connectivity index (χ0n) is 8.00. The van der Waals surface area contributed by atoms with Gasteiger partial charge in [0.05, 0.1) is 16.2 Å². The number of hydrogen-bond acceptors (Lipinski definition) is 1. The summed E-state index contributed by atoms with van der Waals surface area (Å²) in [5.41, 5.74) is 1.84. The number of fused-ring (bicyclic) bond motifs is 1. The summed E-state index contributed by atoms with van der Waals surface area (Å²) < 4.78 is 0. The Balaban J connectivity index is 2.71. The molecule has 0 saturated heterocycles. The molecule has 1 unspecified atom stereocenters. The quantitative estimate of drug-likeness (QED) is 0.688. The van der Waals surface area contributed by atoms with Gasteiger partial charge in [-0.25, -0.2) is 0 Å². The molecule has 0 spiro atoms. The normalized spacial score (nSPS) is 11.1. The summed E-state index contributed by atoms with van der Waals surface area (Å²) in [4.78, 5) is 4.48. The number of benzene rings is 1. The Labute approximate surface area is 88.7 Å². The summed E-state index contributed by atoms with van der Waals surface area (Å²) in [6, 6.07) is 9.89. The van der Waals surface area contributed by atoms with E-state index in [9.17, 15) is 0 Å². The summed E-state index contributed by atoms with van der Waals surface area (Å²) in [6.07, 6.45) is 0. The molecule has 0 aliphatic carbocycles. The monoisotopic (exact) mass is 204 g/mol. The Morgan fingerprint density at radius 3 is 2.79 bits per heavy atom. The van der Waals surface area contributed by atoms with Gasteiger partial charge in [-0.1, -0.05) is 36.7 Å². The first kappa shape index (κ1) is 9.47. The van der Waals surface area contributed by atoms with Crippen molar-refractivity contribution in [3.05, 3.63) is 48.0 Å². The summed E-state index contributed by atoms with van der Waals surface area (Å²) in [5, 5.41) is 1.77. The molecule has 14 heavy (non-hydrogen) atoms. The van der Waals surface area contributed by atoms with Crippen molar-refractivity contribution in [2.24, 2.45) is 0 Å². The molecule has 2 rings (SSSR count). The van der Waals surface area contributed by atoms with E-state index in [0.717, 1.165) is 16.6 Å². The lowest BCUT2D eigenvalue weighted by atomic mass is 10.1. The molecule has 71 valence electrons. The fraction of sp³-hybridized carbons (Fsp3) is 0.167. The molecule has 1 atom stereocenters. The van der Waals surface area contributed by atoms with Crippen LogP contribution in [0.2, 0.25) is 5.02 Å². The second-order valence-corrected chi connectivity index (χ2v) is 3.86. The van der Waals surface area contributed by atoms with Crippen LogP contribution in [0.3, 0.4) is 0 Å². The Morgan fingerprint density at radius 1 is 1.36 bits per heavy atom. The zero-order chi connectivity index (χ0) is 10.1. The van der Waals surface area contributed by atoms with Crippen LogP contribution in [0.4, 0.5) is 0 Å². The van der Waals surface area contributed by atoms with Crippen LogP contribution in [0.15, 0.2) is 30.3 Å². The molecule has 1 nitrogen and oxygen atoms in total. The fourth-order valence-corrected chi connectivity index (χ4v) is 1.80. The Hall–Kier alpha value is -1.08. The predicted octanol–water partition coefficient (Wildman–Crippen LogP) is 3.83. The number of nitrogens with zero attached hydrogens (tertiary/aromatic N) is 1. The molecule has 2 heteroatoms. The van der Waals surface area contributed by atoms with E-state index >= 15 is 0 Å². The second-order valence-electron chi connectivity index (χ2n) is 3.45. The number of hydrogen-bond donors (Lipinski definition) is 0. The highest BCUT2D eigenvalue weighted by atomic mass is 35.5. The van der Waals surface area contributed by atoms with Crippen molar-refractivity contribution >= 4 is 22.5 Å². The number of para-hydroxylation sites is 1. The molecule has 2 aromatic rings. The summed E-state index contributed by atoms with van der Waals surface area (Å²) in [6.45, 7) is 5.92. The average molecular weight is 205 g/mol. The standard InChI is InChI=1S/C12H11ClN/c1-8(2)12-10(13)7-9-5-3-4-6-11(9)14-12/h3-8H,1H2,2H3. The highest BCUT2D eigenvalue weighted by Crippen LogP contribution is 2.25. The van der Waals surface area contributed by atoms with Crippen molar-refractivity contribution < 1.29 is 0 Å². The average Bonchev–Trinajstić information content (AvgIpc) is 2.16. The minimum Gasteiger partial charge on any atom is -0.251 e.